The highest BCUT2D eigenvalue weighted by Crippen LogP contribution is 2.31. The quantitative estimate of drug-likeness (QED) is 0.612. The van der Waals surface area contributed by atoms with E-state index in [0.29, 0.717) is 11.1 Å². The van der Waals surface area contributed by atoms with Crippen molar-refractivity contribution in [2.45, 2.75) is 45.3 Å². The normalized spacial score (nSPS) is 19.2. The largest absolute Gasteiger partial charge is 0.325 e. The van der Waals surface area contributed by atoms with E-state index in [1.165, 1.54) is 6.07 Å². The van der Waals surface area contributed by atoms with Crippen LogP contribution in [0.5, 0.6) is 0 Å². The number of benzene rings is 2. The van der Waals surface area contributed by atoms with Gasteiger partial charge < -0.3 is 5.32 Å². The molecule has 0 spiro atoms. The maximum absolute atomic E-state index is 13.7. The van der Waals surface area contributed by atoms with Crippen LogP contribution in [-0.2, 0) is 23.3 Å². The van der Waals surface area contributed by atoms with Crippen LogP contribution in [0.1, 0.15) is 43.8 Å². The number of carbonyl (C=O) groups is 2. The molecule has 2 heterocycles. The number of hydrogen-bond acceptors (Lipinski definition) is 3. The number of imide groups is 1. The number of urea groups is 1. The maximum Gasteiger partial charge on any atom is 0.325 e. The number of amides is 3. The number of halogens is 2. The standard InChI is InChI=1S/C22H22F2N4O2/c1-3-6-14-9-11-15(12-10-14)22(2)19(29)27(21(30)26-22)13-18-25-16-7-4-5-8-17(16)28(18)20(23)24/h4-5,7-12,20H,3,6,13H2,1-2H3,(H,26,30)/t22-/m0/s1. The van der Waals surface area contributed by atoms with Crippen molar-refractivity contribution >= 4 is 23.0 Å². The number of nitrogens with zero attached hydrogens (tertiary/aromatic N) is 3. The summed E-state index contributed by atoms with van der Waals surface area (Å²) in [5, 5.41) is 2.71. The zero-order valence-corrected chi connectivity index (χ0v) is 16.7. The predicted molar refractivity (Wildman–Crippen MR) is 108 cm³/mol. The van der Waals surface area contributed by atoms with E-state index in [9.17, 15) is 18.4 Å². The SMILES string of the molecule is CCCc1ccc([C@]2(C)NC(=O)N(Cc3nc4ccccc4n3C(F)F)C2=O)cc1. The summed E-state index contributed by atoms with van der Waals surface area (Å²) in [4.78, 5) is 31.0. The summed E-state index contributed by atoms with van der Waals surface area (Å²) in [6, 6.07) is 13.4. The van der Waals surface area contributed by atoms with Gasteiger partial charge in [-0.05, 0) is 36.6 Å². The fraction of sp³-hybridized carbons (Fsp3) is 0.318. The molecular formula is C22H22F2N4O2. The molecule has 6 nitrogen and oxygen atoms in total. The summed E-state index contributed by atoms with van der Waals surface area (Å²) < 4.78 is 28.1. The van der Waals surface area contributed by atoms with Gasteiger partial charge in [0.15, 0.2) is 0 Å². The lowest BCUT2D eigenvalue weighted by Gasteiger charge is -2.22. The van der Waals surface area contributed by atoms with E-state index in [2.05, 4.69) is 17.2 Å². The van der Waals surface area contributed by atoms with Gasteiger partial charge in [0.05, 0.1) is 17.6 Å². The van der Waals surface area contributed by atoms with Gasteiger partial charge in [0.25, 0.3) is 5.91 Å². The minimum atomic E-state index is -2.84. The Morgan fingerprint density at radius 1 is 1.10 bits per heavy atom. The molecule has 2 aromatic carbocycles. The van der Waals surface area contributed by atoms with E-state index < -0.39 is 24.0 Å². The highest BCUT2D eigenvalue weighted by molar-refractivity contribution is 6.07. The first kappa shape index (κ1) is 20.0. The Labute approximate surface area is 172 Å². The lowest BCUT2D eigenvalue weighted by molar-refractivity contribution is -0.131. The van der Waals surface area contributed by atoms with Crippen molar-refractivity contribution in [3.63, 3.8) is 0 Å². The Balaban J connectivity index is 1.65. The number of carbonyl (C=O) groups excluding carboxylic acids is 2. The molecule has 156 valence electrons. The lowest BCUT2D eigenvalue weighted by Crippen LogP contribution is -2.40. The zero-order valence-electron chi connectivity index (χ0n) is 16.7. The maximum atomic E-state index is 13.7. The van der Waals surface area contributed by atoms with Gasteiger partial charge in [-0.1, -0.05) is 49.7 Å². The average Bonchev–Trinajstić information content (AvgIpc) is 3.19. The predicted octanol–water partition coefficient (Wildman–Crippen LogP) is 4.35. The molecule has 0 radical (unpaired) electrons. The van der Waals surface area contributed by atoms with Crippen LogP contribution in [0, 0.1) is 0 Å². The van der Waals surface area contributed by atoms with Gasteiger partial charge in [0.2, 0.25) is 0 Å². The number of para-hydroxylation sites is 2. The molecule has 0 aliphatic carbocycles. The molecule has 1 fully saturated rings. The number of nitrogens with one attached hydrogen (secondary N) is 1. The van der Waals surface area contributed by atoms with Crippen LogP contribution in [-0.4, -0.2) is 26.4 Å². The molecule has 1 N–H and O–H groups in total. The number of aromatic nitrogens is 2. The van der Waals surface area contributed by atoms with Gasteiger partial charge in [0.1, 0.15) is 11.4 Å². The van der Waals surface area contributed by atoms with E-state index in [1.807, 2.05) is 24.3 Å². The summed E-state index contributed by atoms with van der Waals surface area (Å²) >= 11 is 0. The number of hydrogen-bond donors (Lipinski definition) is 1. The van der Waals surface area contributed by atoms with Crippen molar-refractivity contribution in [1.29, 1.82) is 0 Å². The van der Waals surface area contributed by atoms with Crippen molar-refractivity contribution in [3.8, 4) is 0 Å². The van der Waals surface area contributed by atoms with Crippen LogP contribution >= 0.6 is 0 Å². The van der Waals surface area contributed by atoms with Crippen LogP contribution < -0.4 is 5.32 Å². The first-order valence-corrected chi connectivity index (χ1v) is 9.82. The third kappa shape index (κ3) is 3.22. The van der Waals surface area contributed by atoms with E-state index in [1.54, 1.807) is 25.1 Å². The van der Waals surface area contributed by atoms with E-state index >= 15 is 0 Å². The van der Waals surface area contributed by atoms with Crippen LogP contribution in [0.25, 0.3) is 11.0 Å². The summed E-state index contributed by atoms with van der Waals surface area (Å²) in [5.74, 6) is -0.541. The van der Waals surface area contributed by atoms with Gasteiger partial charge >= 0.3 is 12.6 Å². The van der Waals surface area contributed by atoms with Gasteiger partial charge in [-0.25, -0.2) is 9.78 Å². The molecule has 0 bridgehead atoms. The highest BCUT2D eigenvalue weighted by atomic mass is 19.3. The van der Waals surface area contributed by atoms with Crippen molar-refractivity contribution < 1.29 is 18.4 Å². The van der Waals surface area contributed by atoms with E-state index in [4.69, 9.17) is 0 Å². The molecule has 3 aromatic rings. The summed E-state index contributed by atoms with van der Waals surface area (Å²) in [7, 11) is 0. The number of aryl methyl sites for hydroxylation is 1. The first-order chi connectivity index (χ1) is 14.3. The molecule has 0 unspecified atom stereocenters. The van der Waals surface area contributed by atoms with Crippen molar-refractivity contribution in [2.24, 2.45) is 0 Å². The second-order valence-corrected chi connectivity index (χ2v) is 7.56. The highest BCUT2D eigenvalue weighted by Gasteiger charge is 2.49. The Hall–Kier alpha value is -3.29. The van der Waals surface area contributed by atoms with Crippen LogP contribution in [0.15, 0.2) is 48.5 Å². The molecular weight excluding hydrogens is 390 g/mol. The van der Waals surface area contributed by atoms with Crippen LogP contribution in [0.4, 0.5) is 13.6 Å². The van der Waals surface area contributed by atoms with Crippen molar-refractivity contribution in [3.05, 3.63) is 65.5 Å². The van der Waals surface area contributed by atoms with Gasteiger partial charge in [-0.2, -0.15) is 8.78 Å². The minimum absolute atomic E-state index is 0.0442. The van der Waals surface area contributed by atoms with Crippen LogP contribution in [0.2, 0.25) is 0 Å². The average molecular weight is 412 g/mol. The molecule has 4 rings (SSSR count). The Bertz CT molecular complexity index is 1110. The topological polar surface area (TPSA) is 67.2 Å². The van der Waals surface area contributed by atoms with Crippen LogP contribution in [0.3, 0.4) is 0 Å². The molecule has 8 heteroatoms. The first-order valence-electron chi connectivity index (χ1n) is 9.82. The minimum Gasteiger partial charge on any atom is -0.319 e. The second kappa shape index (κ2) is 7.51. The number of imidazole rings is 1. The van der Waals surface area contributed by atoms with Gasteiger partial charge in [-0.3, -0.25) is 14.3 Å². The van der Waals surface area contributed by atoms with Crippen molar-refractivity contribution in [2.75, 3.05) is 0 Å². The second-order valence-electron chi connectivity index (χ2n) is 7.56. The lowest BCUT2D eigenvalue weighted by atomic mass is 9.91. The van der Waals surface area contributed by atoms with E-state index in [0.717, 1.165) is 27.9 Å². The molecule has 1 aliphatic heterocycles. The Morgan fingerprint density at radius 3 is 2.47 bits per heavy atom. The molecule has 1 saturated heterocycles. The molecule has 3 amide bonds. The number of alkyl halides is 2. The smallest absolute Gasteiger partial charge is 0.319 e. The van der Waals surface area contributed by atoms with E-state index in [-0.39, 0.29) is 17.9 Å². The fourth-order valence-electron chi connectivity index (χ4n) is 3.89. The number of rotatable bonds is 6. The third-order valence-corrected chi connectivity index (χ3v) is 5.51. The number of fused-ring (bicyclic) bond motifs is 1. The monoisotopic (exact) mass is 412 g/mol. The Morgan fingerprint density at radius 2 is 1.80 bits per heavy atom. The fourth-order valence-corrected chi connectivity index (χ4v) is 3.89. The van der Waals surface area contributed by atoms with Gasteiger partial charge in [0, 0.05) is 0 Å². The Kier molecular flexibility index (Phi) is 5.01. The van der Waals surface area contributed by atoms with Gasteiger partial charge in [-0.15, -0.1) is 0 Å². The third-order valence-electron chi connectivity index (χ3n) is 5.51. The molecule has 1 aromatic heterocycles. The summed E-state index contributed by atoms with van der Waals surface area (Å²) in [5.41, 5.74) is 1.16. The molecule has 1 aliphatic rings. The molecule has 1 atom stereocenters. The van der Waals surface area contributed by atoms with Crippen molar-refractivity contribution in [1.82, 2.24) is 19.8 Å². The molecule has 0 saturated carbocycles. The summed E-state index contributed by atoms with van der Waals surface area (Å²) in [6.45, 7) is 0.525. The summed E-state index contributed by atoms with van der Waals surface area (Å²) in [6.07, 6.45) is 1.93. The zero-order chi connectivity index (χ0) is 21.5. The molecule has 30 heavy (non-hydrogen) atoms.